The Bertz CT molecular complexity index is 970. The molecule has 2 aliphatic rings. The summed E-state index contributed by atoms with van der Waals surface area (Å²) in [4.78, 5) is 32.2. The maximum atomic E-state index is 13.1. The molecule has 1 N–H and O–H groups in total. The lowest BCUT2D eigenvalue weighted by atomic mass is 9.93. The SMILES string of the molecule is COCCOC(=O)C1=C(C)N=C2SC=C(CC(=O)NC(C)C)N2C1c1cccc(OC)c1. The molecule has 32 heavy (non-hydrogen) atoms. The number of methoxy groups -OCH3 is 2. The second-order valence-electron chi connectivity index (χ2n) is 7.70. The summed E-state index contributed by atoms with van der Waals surface area (Å²) >= 11 is 1.44. The summed E-state index contributed by atoms with van der Waals surface area (Å²) in [5.41, 5.74) is 2.62. The molecule has 0 fully saturated rings. The molecule has 0 saturated carbocycles. The fraction of sp³-hybridized carbons (Fsp3) is 0.435. The van der Waals surface area contributed by atoms with E-state index in [1.165, 1.54) is 11.8 Å². The number of amides is 1. The molecule has 1 aromatic carbocycles. The first-order valence-electron chi connectivity index (χ1n) is 10.4. The van der Waals surface area contributed by atoms with Crippen molar-refractivity contribution in [3.05, 3.63) is 52.2 Å². The van der Waals surface area contributed by atoms with Crippen molar-refractivity contribution in [1.29, 1.82) is 0 Å². The molecule has 172 valence electrons. The van der Waals surface area contributed by atoms with Crippen LogP contribution in [-0.2, 0) is 19.1 Å². The van der Waals surface area contributed by atoms with Crippen LogP contribution in [0.5, 0.6) is 5.75 Å². The fourth-order valence-electron chi connectivity index (χ4n) is 3.59. The van der Waals surface area contributed by atoms with Crippen LogP contribution in [0.2, 0.25) is 0 Å². The molecule has 0 aromatic heterocycles. The highest BCUT2D eigenvalue weighted by Crippen LogP contribution is 2.45. The van der Waals surface area contributed by atoms with Crippen molar-refractivity contribution in [2.24, 2.45) is 4.99 Å². The molecule has 3 rings (SSSR count). The minimum Gasteiger partial charge on any atom is -0.497 e. The van der Waals surface area contributed by atoms with E-state index < -0.39 is 12.0 Å². The van der Waals surface area contributed by atoms with Crippen LogP contribution in [0.15, 0.2) is 51.6 Å². The van der Waals surface area contributed by atoms with Crippen molar-refractivity contribution in [2.75, 3.05) is 27.4 Å². The van der Waals surface area contributed by atoms with E-state index in [1.54, 1.807) is 21.1 Å². The highest BCUT2D eigenvalue weighted by molar-refractivity contribution is 8.16. The number of hydrogen-bond donors (Lipinski definition) is 1. The number of fused-ring (bicyclic) bond motifs is 1. The number of nitrogens with zero attached hydrogens (tertiary/aromatic N) is 2. The smallest absolute Gasteiger partial charge is 0.338 e. The first kappa shape index (κ1) is 23.9. The predicted molar refractivity (Wildman–Crippen MR) is 124 cm³/mol. The molecular weight excluding hydrogens is 430 g/mol. The number of thioether (sulfide) groups is 1. The number of esters is 1. The van der Waals surface area contributed by atoms with Crippen LogP contribution in [0.25, 0.3) is 0 Å². The molecule has 0 bridgehead atoms. The Hall–Kier alpha value is -2.78. The zero-order valence-electron chi connectivity index (χ0n) is 19.0. The average Bonchev–Trinajstić information content (AvgIpc) is 3.14. The number of allylic oxidation sites excluding steroid dienone is 1. The lowest BCUT2D eigenvalue weighted by Gasteiger charge is -2.36. The fourth-order valence-corrected chi connectivity index (χ4v) is 4.55. The van der Waals surface area contributed by atoms with Gasteiger partial charge >= 0.3 is 5.97 Å². The van der Waals surface area contributed by atoms with Gasteiger partial charge in [0.2, 0.25) is 5.91 Å². The quantitative estimate of drug-likeness (QED) is 0.447. The first-order chi connectivity index (χ1) is 15.3. The highest BCUT2D eigenvalue weighted by atomic mass is 32.2. The van der Waals surface area contributed by atoms with E-state index in [9.17, 15) is 9.59 Å². The minimum atomic E-state index is -0.499. The normalized spacial score (nSPS) is 17.7. The second-order valence-corrected chi connectivity index (χ2v) is 8.53. The molecule has 9 heteroatoms. The van der Waals surface area contributed by atoms with Crippen LogP contribution in [0, 0.1) is 0 Å². The third kappa shape index (κ3) is 5.34. The van der Waals surface area contributed by atoms with Gasteiger partial charge < -0.3 is 24.4 Å². The van der Waals surface area contributed by atoms with Gasteiger partial charge in [-0.2, -0.15) is 0 Å². The molecule has 0 saturated heterocycles. The van der Waals surface area contributed by atoms with Crippen LogP contribution in [0.3, 0.4) is 0 Å². The van der Waals surface area contributed by atoms with Gasteiger partial charge in [-0.05, 0) is 43.9 Å². The molecule has 1 amide bonds. The maximum Gasteiger partial charge on any atom is 0.338 e. The third-order valence-electron chi connectivity index (χ3n) is 4.94. The Morgan fingerprint density at radius 1 is 1.25 bits per heavy atom. The van der Waals surface area contributed by atoms with Gasteiger partial charge in [0.15, 0.2) is 5.17 Å². The summed E-state index contributed by atoms with van der Waals surface area (Å²) in [5.74, 6) is 0.122. The van der Waals surface area contributed by atoms with E-state index in [1.807, 2.05) is 48.4 Å². The Morgan fingerprint density at radius 2 is 2.03 bits per heavy atom. The van der Waals surface area contributed by atoms with Crippen LogP contribution < -0.4 is 10.1 Å². The van der Waals surface area contributed by atoms with Crippen molar-refractivity contribution in [1.82, 2.24) is 10.2 Å². The van der Waals surface area contributed by atoms with Crippen molar-refractivity contribution in [3.63, 3.8) is 0 Å². The van der Waals surface area contributed by atoms with Gasteiger partial charge in [-0.25, -0.2) is 9.79 Å². The van der Waals surface area contributed by atoms with E-state index >= 15 is 0 Å². The van der Waals surface area contributed by atoms with E-state index in [4.69, 9.17) is 14.2 Å². The van der Waals surface area contributed by atoms with Crippen molar-refractivity contribution in [3.8, 4) is 5.75 Å². The van der Waals surface area contributed by atoms with Crippen LogP contribution >= 0.6 is 11.8 Å². The number of carbonyl (C=O) groups excluding carboxylic acids is 2. The average molecular weight is 460 g/mol. The number of carbonyl (C=O) groups is 2. The molecule has 2 aliphatic heterocycles. The van der Waals surface area contributed by atoms with Crippen LogP contribution in [-0.4, -0.2) is 55.4 Å². The van der Waals surface area contributed by atoms with Crippen molar-refractivity contribution in [2.45, 2.75) is 39.3 Å². The standard InChI is InChI=1S/C23H29N3O5S/c1-14(2)24-19(27)12-17-13-32-23-25-15(3)20(22(28)31-10-9-29-4)21(26(17)23)16-7-6-8-18(11-16)30-5/h6-8,11,13-14,21H,9-10,12H2,1-5H3,(H,24,27). The first-order valence-corrected chi connectivity index (χ1v) is 11.3. The molecule has 0 spiro atoms. The number of amidine groups is 1. The minimum absolute atomic E-state index is 0.0364. The second kappa shape index (κ2) is 10.7. The Morgan fingerprint density at radius 3 is 2.72 bits per heavy atom. The maximum absolute atomic E-state index is 13.1. The van der Waals surface area contributed by atoms with Gasteiger partial charge in [0.1, 0.15) is 12.4 Å². The zero-order valence-corrected chi connectivity index (χ0v) is 19.8. The van der Waals surface area contributed by atoms with E-state index in [2.05, 4.69) is 10.3 Å². The lowest BCUT2D eigenvalue weighted by molar-refractivity contribution is -0.141. The van der Waals surface area contributed by atoms with Gasteiger partial charge in [-0.3, -0.25) is 4.79 Å². The Balaban J connectivity index is 2.01. The van der Waals surface area contributed by atoms with Crippen LogP contribution in [0.1, 0.15) is 38.8 Å². The summed E-state index contributed by atoms with van der Waals surface area (Å²) in [6.07, 6.45) is 0.176. The van der Waals surface area contributed by atoms with Gasteiger partial charge in [0.05, 0.1) is 37.4 Å². The third-order valence-corrected chi connectivity index (χ3v) is 5.83. The molecule has 8 nitrogen and oxygen atoms in total. The van der Waals surface area contributed by atoms with Gasteiger partial charge in [-0.1, -0.05) is 23.9 Å². The largest absolute Gasteiger partial charge is 0.497 e. The molecule has 1 atom stereocenters. The molecule has 0 radical (unpaired) electrons. The number of nitrogens with one attached hydrogen (secondary N) is 1. The lowest BCUT2D eigenvalue weighted by Crippen LogP contribution is -2.38. The molecule has 2 heterocycles. The number of aliphatic imine (C=N–C) groups is 1. The molecule has 1 aromatic rings. The number of hydrogen-bond acceptors (Lipinski definition) is 8. The molecule has 0 aliphatic carbocycles. The number of ether oxygens (including phenoxy) is 3. The van der Waals surface area contributed by atoms with Crippen LogP contribution in [0.4, 0.5) is 0 Å². The summed E-state index contributed by atoms with van der Waals surface area (Å²) < 4.78 is 15.9. The summed E-state index contributed by atoms with van der Waals surface area (Å²) in [6, 6.07) is 7.08. The summed E-state index contributed by atoms with van der Waals surface area (Å²) in [6.45, 7) is 6.08. The van der Waals surface area contributed by atoms with E-state index in [0.717, 1.165) is 16.4 Å². The highest BCUT2D eigenvalue weighted by Gasteiger charge is 2.41. The topological polar surface area (TPSA) is 89.5 Å². The molecule has 1 unspecified atom stereocenters. The van der Waals surface area contributed by atoms with E-state index in [0.29, 0.717) is 23.6 Å². The predicted octanol–water partition coefficient (Wildman–Crippen LogP) is 3.37. The monoisotopic (exact) mass is 459 g/mol. The van der Waals surface area contributed by atoms with E-state index in [-0.39, 0.29) is 25.0 Å². The van der Waals surface area contributed by atoms with Crippen molar-refractivity contribution >= 4 is 28.8 Å². The zero-order chi connectivity index (χ0) is 23.3. The number of rotatable bonds is 9. The van der Waals surface area contributed by atoms with Gasteiger partial charge in [0, 0.05) is 18.8 Å². The summed E-state index contributed by atoms with van der Waals surface area (Å²) in [7, 11) is 3.15. The van der Waals surface area contributed by atoms with Crippen molar-refractivity contribution < 1.29 is 23.8 Å². The van der Waals surface area contributed by atoms with Gasteiger partial charge in [-0.15, -0.1) is 0 Å². The Kier molecular flexibility index (Phi) is 7.98. The number of benzene rings is 1. The Labute approximate surface area is 192 Å². The van der Waals surface area contributed by atoms with Gasteiger partial charge in [0.25, 0.3) is 0 Å². The molecular formula is C23H29N3O5S. The summed E-state index contributed by atoms with van der Waals surface area (Å²) in [5, 5.41) is 5.56.